The van der Waals surface area contributed by atoms with Crippen LogP contribution in [0.4, 0.5) is 0 Å². The van der Waals surface area contributed by atoms with Gasteiger partial charge in [0.1, 0.15) is 11.3 Å². The number of carbonyl (C=O) groups is 1. The van der Waals surface area contributed by atoms with Crippen LogP contribution in [0, 0.1) is 0 Å². The number of methoxy groups -OCH3 is 3. The molecule has 0 atom stereocenters. The molecule has 1 aliphatic rings. The third-order valence-electron chi connectivity index (χ3n) is 6.26. The highest BCUT2D eigenvalue weighted by Gasteiger charge is 2.27. The van der Waals surface area contributed by atoms with Gasteiger partial charge < -0.3 is 23.7 Å². The van der Waals surface area contributed by atoms with Crippen LogP contribution in [0.5, 0.6) is 17.2 Å². The summed E-state index contributed by atoms with van der Waals surface area (Å²) in [6.07, 6.45) is 5.86. The van der Waals surface area contributed by atoms with Crippen molar-refractivity contribution in [1.82, 2.24) is 19.4 Å². The molecule has 8 heteroatoms. The molecular formula is C25H32N4O4. The molecule has 0 N–H and O–H groups in total. The first-order valence-corrected chi connectivity index (χ1v) is 11.5. The van der Waals surface area contributed by atoms with Crippen molar-refractivity contribution < 1.29 is 19.0 Å². The van der Waals surface area contributed by atoms with Gasteiger partial charge in [0.25, 0.3) is 0 Å². The normalized spacial score (nSPS) is 14.5. The van der Waals surface area contributed by atoms with Gasteiger partial charge in [0.05, 0.1) is 27.8 Å². The topological polar surface area (TPSA) is 78.7 Å². The Balaban J connectivity index is 1.46. The lowest BCUT2D eigenvalue weighted by molar-refractivity contribution is -0.131. The van der Waals surface area contributed by atoms with Crippen LogP contribution in [-0.2, 0) is 17.6 Å². The predicted octanol–water partition coefficient (Wildman–Crippen LogP) is 3.82. The first kappa shape index (κ1) is 22.9. The average Bonchev–Trinajstić information content (AvgIpc) is 3.21. The molecule has 3 heterocycles. The van der Waals surface area contributed by atoms with Gasteiger partial charge in [-0.2, -0.15) is 0 Å². The van der Waals surface area contributed by atoms with Crippen LogP contribution in [0.3, 0.4) is 0 Å². The number of piperidine rings is 1. The van der Waals surface area contributed by atoms with E-state index in [-0.39, 0.29) is 12.3 Å². The van der Waals surface area contributed by atoms with Gasteiger partial charge >= 0.3 is 0 Å². The third kappa shape index (κ3) is 4.60. The fourth-order valence-electron chi connectivity index (χ4n) is 4.66. The fourth-order valence-corrected chi connectivity index (χ4v) is 4.66. The molecule has 1 fully saturated rings. The molecule has 0 bridgehead atoms. The van der Waals surface area contributed by atoms with Gasteiger partial charge in [-0.3, -0.25) is 4.79 Å². The SMILES string of the molecule is CCCc1nc2cccnc2n1C1CCN(C(=O)Cc2cc(OC)c(OC)c(OC)c2)CC1. The minimum absolute atomic E-state index is 0.102. The highest BCUT2D eigenvalue weighted by Crippen LogP contribution is 2.38. The van der Waals surface area contributed by atoms with Crippen molar-refractivity contribution in [3.05, 3.63) is 41.9 Å². The second-order valence-corrected chi connectivity index (χ2v) is 8.32. The number of fused-ring (bicyclic) bond motifs is 1. The fraction of sp³-hybridized carbons (Fsp3) is 0.480. The highest BCUT2D eigenvalue weighted by molar-refractivity contribution is 5.79. The maximum atomic E-state index is 13.1. The zero-order valence-corrected chi connectivity index (χ0v) is 19.8. The lowest BCUT2D eigenvalue weighted by atomic mass is 10.0. The highest BCUT2D eigenvalue weighted by atomic mass is 16.5. The van der Waals surface area contributed by atoms with Crippen molar-refractivity contribution in [2.24, 2.45) is 0 Å². The van der Waals surface area contributed by atoms with Gasteiger partial charge in [-0.05, 0) is 49.1 Å². The maximum absolute atomic E-state index is 13.1. The Morgan fingerprint density at radius 1 is 1.09 bits per heavy atom. The van der Waals surface area contributed by atoms with E-state index >= 15 is 0 Å². The molecule has 4 rings (SSSR count). The molecular weight excluding hydrogens is 420 g/mol. The lowest BCUT2D eigenvalue weighted by Gasteiger charge is -2.33. The van der Waals surface area contributed by atoms with E-state index in [4.69, 9.17) is 19.2 Å². The first-order valence-electron chi connectivity index (χ1n) is 11.5. The Hall–Kier alpha value is -3.29. The summed E-state index contributed by atoms with van der Waals surface area (Å²) in [7, 11) is 4.73. The summed E-state index contributed by atoms with van der Waals surface area (Å²) in [5, 5.41) is 0. The van der Waals surface area contributed by atoms with Crippen molar-refractivity contribution in [3.63, 3.8) is 0 Å². The number of imidazole rings is 1. The number of pyridine rings is 1. The molecule has 0 saturated carbocycles. The molecule has 176 valence electrons. The largest absolute Gasteiger partial charge is 0.493 e. The molecule has 1 aliphatic heterocycles. The third-order valence-corrected chi connectivity index (χ3v) is 6.26. The summed E-state index contributed by atoms with van der Waals surface area (Å²) >= 11 is 0. The summed E-state index contributed by atoms with van der Waals surface area (Å²) in [5.74, 6) is 2.84. The molecule has 0 spiro atoms. The van der Waals surface area contributed by atoms with E-state index in [1.807, 2.05) is 35.4 Å². The lowest BCUT2D eigenvalue weighted by Crippen LogP contribution is -2.40. The monoisotopic (exact) mass is 452 g/mol. The second kappa shape index (κ2) is 10.1. The van der Waals surface area contributed by atoms with Crippen LogP contribution in [0.2, 0.25) is 0 Å². The minimum Gasteiger partial charge on any atom is -0.493 e. The Morgan fingerprint density at radius 3 is 2.39 bits per heavy atom. The van der Waals surface area contributed by atoms with Crippen LogP contribution < -0.4 is 14.2 Å². The van der Waals surface area contributed by atoms with Gasteiger partial charge in [-0.25, -0.2) is 9.97 Å². The molecule has 3 aromatic rings. The van der Waals surface area contributed by atoms with E-state index < -0.39 is 0 Å². The Morgan fingerprint density at radius 2 is 1.79 bits per heavy atom. The van der Waals surface area contributed by atoms with E-state index in [2.05, 4.69) is 16.5 Å². The molecule has 8 nitrogen and oxygen atoms in total. The van der Waals surface area contributed by atoms with E-state index in [1.165, 1.54) is 0 Å². The number of nitrogens with zero attached hydrogens (tertiary/aromatic N) is 4. The van der Waals surface area contributed by atoms with Crippen molar-refractivity contribution in [1.29, 1.82) is 0 Å². The number of ether oxygens (including phenoxy) is 3. The standard InChI is InChI=1S/C25H32N4O4/c1-5-7-22-27-19-8-6-11-26-25(19)29(22)18-9-12-28(13-10-18)23(30)16-17-14-20(31-2)24(33-4)21(15-17)32-3/h6,8,11,14-15,18H,5,7,9-10,12-13,16H2,1-4H3. The number of benzene rings is 1. The molecule has 1 saturated heterocycles. The summed E-state index contributed by atoms with van der Waals surface area (Å²) in [5.41, 5.74) is 2.73. The number of carbonyl (C=O) groups excluding carboxylic acids is 1. The van der Waals surface area contributed by atoms with Crippen molar-refractivity contribution >= 4 is 17.1 Å². The van der Waals surface area contributed by atoms with Crippen molar-refractivity contribution in [2.45, 2.75) is 45.1 Å². The smallest absolute Gasteiger partial charge is 0.226 e. The number of aryl methyl sites for hydroxylation is 1. The minimum atomic E-state index is 0.102. The Bertz CT molecular complexity index is 1090. The van der Waals surface area contributed by atoms with Gasteiger partial charge in [-0.15, -0.1) is 0 Å². The molecule has 2 aromatic heterocycles. The number of likely N-dealkylation sites (tertiary alicyclic amines) is 1. The summed E-state index contributed by atoms with van der Waals surface area (Å²) in [4.78, 5) is 24.5. The maximum Gasteiger partial charge on any atom is 0.226 e. The van der Waals surface area contributed by atoms with E-state index in [9.17, 15) is 4.79 Å². The van der Waals surface area contributed by atoms with Gasteiger partial charge in [0.2, 0.25) is 11.7 Å². The van der Waals surface area contributed by atoms with Gasteiger partial charge in [0, 0.05) is 31.7 Å². The first-order chi connectivity index (χ1) is 16.1. The molecule has 33 heavy (non-hydrogen) atoms. The van der Waals surface area contributed by atoms with E-state index in [0.717, 1.165) is 48.2 Å². The summed E-state index contributed by atoms with van der Waals surface area (Å²) in [6.45, 7) is 3.60. The quantitative estimate of drug-likeness (QED) is 0.517. The zero-order chi connectivity index (χ0) is 23.4. The van der Waals surface area contributed by atoms with Crippen molar-refractivity contribution in [2.75, 3.05) is 34.4 Å². The number of aromatic nitrogens is 3. The van der Waals surface area contributed by atoms with Crippen molar-refractivity contribution in [3.8, 4) is 17.2 Å². The second-order valence-electron chi connectivity index (χ2n) is 8.32. The Labute approximate surface area is 194 Å². The van der Waals surface area contributed by atoms with Crippen LogP contribution in [0.1, 0.15) is 43.6 Å². The van der Waals surface area contributed by atoms with Gasteiger partial charge in [-0.1, -0.05) is 6.92 Å². The van der Waals surface area contributed by atoms with Gasteiger partial charge in [0.15, 0.2) is 17.1 Å². The Kier molecular flexibility index (Phi) is 7.01. The predicted molar refractivity (Wildman–Crippen MR) is 126 cm³/mol. The molecule has 0 aliphatic carbocycles. The zero-order valence-electron chi connectivity index (χ0n) is 19.8. The number of hydrogen-bond donors (Lipinski definition) is 0. The molecule has 1 amide bonds. The number of amides is 1. The van der Waals surface area contributed by atoms with Crippen LogP contribution in [0.15, 0.2) is 30.5 Å². The average molecular weight is 453 g/mol. The van der Waals surface area contributed by atoms with Crippen LogP contribution >= 0.6 is 0 Å². The van der Waals surface area contributed by atoms with E-state index in [0.29, 0.717) is 36.4 Å². The molecule has 1 aromatic carbocycles. The number of rotatable bonds is 8. The van der Waals surface area contributed by atoms with Crippen LogP contribution in [0.25, 0.3) is 11.2 Å². The van der Waals surface area contributed by atoms with Crippen LogP contribution in [-0.4, -0.2) is 59.8 Å². The number of hydrogen-bond acceptors (Lipinski definition) is 6. The summed E-state index contributed by atoms with van der Waals surface area (Å²) in [6, 6.07) is 7.93. The molecule has 0 radical (unpaired) electrons. The molecule has 0 unspecified atom stereocenters. The van der Waals surface area contributed by atoms with E-state index in [1.54, 1.807) is 21.3 Å². The summed E-state index contributed by atoms with van der Waals surface area (Å²) < 4.78 is 18.5.